The van der Waals surface area contributed by atoms with Gasteiger partial charge in [-0.3, -0.25) is 9.36 Å². The third-order valence-corrected chi connectivity index (χ3v) is 6.13. The number of amides is 1. The maximum atomic E-state index is 13.0. The topological polar surface area (TPSA) is 145 Å². The van der Waals surface area contributed by atoms with Gasteiger partial charge in [0.2, 0.25) is 5.95 Å². The first-order valence-electron chi connectivity index (χ1n) is 13.2. The summed E-state index contributed by atoms with van der Waals surface area (Å²) >= 11 is 0. The number of alkyl halides is 3. The Hall–Kier alpha value is -6.25. The van der Waals surface area contributed by atoms with E-state index in [1.54, 1.807) is 40.2 Å². The lowest BCUT2D eigenvalue weighted by molar-refractivity contribution is -0.192. The normalized spacial score (nSPS) is 10.9. The predicted octanol–water partition coefficient (Wildman–Crippen LogP) is 5.33. The molecule has 1 amide bonds. The van der Waals surface area contributed by atoms with Crippen LogP contribution < -0.4 is 10.6 Å². The molecule has 0 saturated carbocycles. The number of para-hydroxylation sites is 1. The average molecular weight is 616 g/mol. The van der Waals surface area contributed by atoms with Crippen LogP contribution in [0.3, 0.4) is 0 Å². The second-order valence-electron chi connectivity index (χ2n) is 9.36. The van der Waals surface area contributed by atoms with Crippen molar-refractivity contribution in [2.45, 2.75) is 12.7 Å². The van der Waals surface area contributed by atoms with E-state index >= 15 is 0 Å². The quantitative estimate of drug-likeness (QED) is 0.209. The van der Waals surface area contributed by atoms with Crippen molar-refractivity contribution in [1.82, 2.24) is 34.1 Å². The molecule has 0 saturated heterocycles. The van der Waals surface area contributed by atoms with E-state index in [0.717, 1.165) is 22.6 Å². The summed E-state index contributed by atoms with van der Waals surface area (Å²) in [5.74, 6) is -2.29. The summed E-state index contributed by atoms with van der Waals surface area (Å²) in [5, 5.41) is 22.0. The molecule has 15 heteroatoms. The van der Waals surface area contributed by atoms with E-state index in [1.165, 1.54) is 6.33 Å². The lowest BCUT2D eigenvalue weighted by Crippen LogP contribution is -2.21. The van der Waals surface area contributed by atoms with Gasteiger partial charge in [-0.1, -0.05) is 36.4 Å². The van der Waals surface area contributed by atoms with E-state index in [0.29, 0.717) is 23.7 Å². The van der Waals surface area contributed by atoms with Crippen LogP contribution in [0, 0.1) is 0 Å². The van der Waals surface area contributed by atoms with Crippen molar-refractivity contribution in [3.8, 4) is 11.4 Å². The summed E-state index contributed by atoms with van der Waals surface area (Å²) in [7, 11) is 0. The van der Waals surface area contributed by atoms with Crippen LogP contribution in [0.15, 0.2) is 116 Å². The minimum Gasteiger partial charge on any atom is -0.475 e. The monoisotopic (exact) mass is 615 g/mol. The highest BCUT2D eigenvalue weighted by Crippen LogP contribution is 2.21. The van der Waals surface area contributed by atoms with E-state index in [4.69, 9.17) is 9.90 Å². The lowest BCUT2D eigenvalue weighted by atomic mass is 10.1. The van der Waals surface area contributed by atoms with Gasteiger partial charge in [-0.2, -0.15) is 23.4 Å². The van der Waals surface area contributed by atoms with Crippen LogP contribution in [0.1, 0.15) is 15.9 Å². The van der Waals surface area contributed by atoms with E-state index < -0.39 is 12.1 Å². The van der Waals surface area contributed by atoms with Crippen molar-refractivity contribution in [3.05, 3.63) is 127 Å². The number of imidazole rings is 1. The van der Waals surface area contributed by atoms with Gasteiger partial charge in [0.15, 0.2) is 0 Å². The molecule has 0 radical (unpaired) electrons. The van der Waals surface area contributed by atoms with E-state index in [9.17, 15) is 18.0 Å². The van der Waals surface area contributed by atoms with Crippen molar-refractivity contribution in [3.63, 3.8) is 0 Å². The summed E-state index contributed by atoms with van der Waals surface area (Å²) in [6, 6.07) is 24.9. The number of carbonyl (C=O) groups is 2. The molecule has 0 spiro atoms. The Morgan fingerprint density at radius 2 is 1.64 bits per heavy atom. The Morgan fingerprint density at radius 3 is 2.38 bits per heavy atom. The molecule has 0 aliphatic heterocycles. The van der Waals surface area contributed by atoms with Crippen LogP contribution in [0.5, 0.6) is 0 Å². The number of aromatic nitrogens is 7. The Morgan fingerprint density at radius 1 is 0.889 bits per heavy atom. The number of hydrogen-bond acceptors (Lipinski definition) is 7. The second kappa shape index (κ2) is 13.4. The van der Waals surface area contributed by atoms with Crippen molar-refractivity contribution in [1.29, 1.82) is 0 Å². The van der Waals surface area contributed by atoms with Crippen LogP contribution in [0.4, 0.5) is 30.5 Å². The molecule has 6 rings (SSSR count). The number of hydrogen-bond donors (Lipinski definition) is 3. The Balaban J connectivity index is 0.000000515. The number of nitrogens with zero attached hydrogens (tertiary/aromatic N) is 7. The summed E-state index contributed by atoms with van der Waals surface area (Å²) < 4.78 is 37.1. The fourth-order valence-corrected chi connectivity index (χ4v) is 4.09. The standard InChI is InChI=1S/C28H23N9O.C2HF3O2/c38-27(33-23-8-4-6-21(14-23)17-35-20-29-19-32-35)22-7-5-11-26(15-22)37-18-24(16-31-37)34-28-30-12-13-36(28)25-9-2-1-3-10-25;3-2(4,5)1(6)7/h1-16,18-20H,17H2,(H,30,34)(H,33,38);(H,6,7). The molecule has 12 nitrogen and oxygen atoms in total. The lowest BCUT2D eigenvalue weighted by Gasteiger charge is -2.09. The number of benzene rings is 3. The minimum atomic E-state index is -5.08. The minimum absolute atomic E-state index is 0.208. The zero-order valence-corrected chi connectivity index (χ0v) is 23.2. The van der Waals surface area contributed by atoms with Gasteiger partial charge in [0.05, 0.1) is 30.3 Å². The molecule has 0 unspecified atom stereocenters. The molecule has 0 bridgehead atoms. The molecule has 3 heterocycles. The number of carboxylic acids is 1. The number of carboxylic acid groups (broad SMARTS) is 1. The molecule has 0 atom stereocenters. The summed E-state index contributed by atoms with van der Waals surface area (Å²) in [5.41, 5.74) is 4.77. The molecule has 228 valence electrons. The first-order chi connectivity index (χ1) is 21.7. The highest BCUT2D eigenvalue weighted by molar-refractivity contribution is 6.04. The average Bonchev–Trinajstić information content (AvgIpc) is 3.81. The molecule has 45 heavy (non-hydrogen) atoms. The molecule has 0 aliphatic rings. The van der Waals surface area contributed by atoms with E-state index in [-0.39, 0.29) is 5.91 Å². The van der Waals surface area contributed by atoms with Crippen LogP contribution >= 0.6 is 0 Å². The van der Waals surface area contributed by atoms with Gasteiger partial charge in [0.25, 0.3) is 5.91 Å². The van der Waals surface area contributed by atoms with Gasteiger partial charge in [0, 0.05) is 29.3 Å². The van der Waals surface area contributed by atoms with Gasteiger partial charge in [-0.05, 0) is 48.0 Å². The van der Waals surface area contributed by atoms with Gasteiger partial charge in [0.1, 0.15) is 12.7 Å². The van der Waals surface area contributed by atoms with E-state index in [1.807, 2.05) is 83.7 Å². The zero-order chi connectivity index (χ0) is 31.8. The SMILES string of the molecule is O=C(Nc1cccc(Cn2cncn2)c1)c1cccc(-n2cc(Nc3nccn3-c3ccccc3)cn2)c1.O=C(O)C(F)(F)F. The van der Waals surface area contributed by atoms with E-state index in [2.05, 4.69) is 30.8 Å². The Labute approximate surface area is 253 Å². The summed E-state index contributed by atoms with van der Waals surface area (Å²) in [6.45, 7) is 0.570. The molecule has 3 aromatic carbocycles. The molecule has 3 aromatic heterocycles. The highest BCUT2D eigenvalue weighted by Gasteiger charge is 2.38. The molecular formula is C30H24F3N9O3. The fourth-order valence-electron chi connectivity index (χ4n) is 4.09. The third-order valence-electron chi connectivity index (χ3n) is 6.13. The van der Waals surface area contributed by atoms with Crippen molar-refractivity contribution >= 4 is 29.2 Å². The summed E-state index contributed by atoms with van der Waals surface area (Å²) in [4.78, 5) is 30.3. The molecule has 3 N–H and O–H groups in total. The maximum absolute atomic E-state index is 13.0. The van der Waals surface area contributed by atoms with Crippen LogP contribution in [-0.2, 0) is 11.3 Å². The third kappa shape index (κ3) is 7.98. The number of rotatable bonds is 8. The Kier molecular flexibility index (Phi) is 8.98. The second-order valence-corrected chi connectivity index (χ2v) is 9.36. The summed E-state index contributed by atoms with van der Waals surface area (Å²) in [6.07, 6.45) is 5.29. The number of anilines is 3. The number of halogens is 3. The van der Waals surface area contributed by atoms with Gasteiger partial charge in [-0.15, -0.1) is 0 Å². The molecule has 0 fully saturated rings. The van der Waals surface area contributed by atoms with Gasteiger partial charge >= 0.3 is 12.1 Å². The Bertz CT molecular complexity index is 1890. The predicted molar refractivity (Wildman–Crippen MR) is 158 cm³/mol. The van der Waals surface area contributed by atoms with Crippen LogP contribution in [0.2, 0.25) is 0 Å². The number of carbonyl (C=O) groups excluding carboxylic acids is 1. The van der Waals surface area contributed by atoms with Crippen molar-refractivity contribution in [2.24, 2.45) is 0 Å². The largest absolute Gasteiger partial charge is 0.490 e. The molecular weight excluding hydrogens is 591 g/mol. The molecule has 6 aromatic rings. The number of nitrogens with one attached hydrogen (secondary N) is 2. The van der Waals surface area contributed by atoms with Gasteiger partial charge in [-0.25, -0.2) is 24.1 Å². The zero-order valence-electron chi connectivity index (χ0n) is 23.2. The van der Waals surface area contributed by atoms with Crippen LogP contribution in [-0.4, -0.2) is 57.3 Å². The van der Waals surface area contributed by atoms with Crippen molar-refractivity contribution < 1.29 is 27.9 Å². The first-order valence-corrected chi connectivity index (χ1v) is 13.2. The fraction of sp³-hybridized carbons (Fsp3) is 0.0667. The van der Waals surface area contributed by atoms with Gasteiger partial charge < -0.3 is 15.7 Å². The maximum Gasteiger partial charge on any atom is 0.490 e. The smallest absolute Gasteiger partial charge is 0.475 e. The number of aliphatic carboxylic acids is 1. The van der Waals surface area contributed by atoms with Crippen molar-refractivity contribution in [2.75, 3.05) is 10.6 Å². The molecule has 0 aliphatic carbocycles. The van der Waals surface area contributed by atoms with Crippen LogP contribution in [0.25, 0.3) is 11.4 Å². The first kappa shape index (κ1) is 30.2. The highest BCUT2D eigenvalue weighted by atomic mass is 19.4.